The van der Waals surface area contributed by atoms with Crippen LogP contribution in [0.2, 0.25) is 0 Å². The molecular weight excluding hydrogens is 260 g/mol. The molecule has 0 amide bonds. The third-order valence-corrected chi connectivity index (χ3v) is 2.50. The summed E-state index contributed by atoms with van der Waals surface area (Å²) in [5, 5.41) is 2.96. The number of carbonyl (C=O) groups is 1. The van der Waals surface area contributed by atoms with Gasteiger partial charge in [0.2, 0.25) is 5.76 Å². The minimum atomic E-state index is -2.47. The molecular formula is C12H17F2NO4. The lowest BCUT2D eigenvalue weighted by molar-refractivity contribution is 0.0140. The predicted molar refractivity (Wildman–Crippen MR) is 63.3 cm³/mol. The van der Waals surface area contributed by atoms with Crippen LogP contribution in [0.5, 0.6) is 0 Å². The summed E-state index contributed by atoms with van der Waals surface area (Å²) in [5.41, 5.74) is 0. The van der Waals surface area contributed by atoms with Gasteiger partial charge in [-0.25, -0.2) is 13.6 Å². The third kappa shape index (κ3) is 4.96. The van der Waals surface area contributed by atoms with Crippen molar-refractivity contribution in [1.29, 1.82) is 0 Å². The molecule has 0 spiro atoms. The van der Waals surface area contributed by atoms with Gasteiger partial charge in [0.1, 0.15) is 12.4 Å². The number of rotatable bonds is 8. The third-order valence-electron chi connectivity index (χ3n) is 2.50. The van der Waals surface area contributed by atoms with Gasteiger partial charge in [-0.1, -0.05) is 0 Å². The van der Waals surface area contributed by atoms with Crippen LogP contribution < -0.4 is 5.32 Å². The van der Waals surface area contributed by atoms with Crippen molar-refractivity contribution in [3.8, 4) is 0 Å². The highest BCUT2D eigenvalue weighted by molar-refractivity contribution is 5.86. The van der Waals surface area contributed by atoms with Crippen LogP contribution >= 0.6 is 0 Å². The Hall–Kier alpha value is -1.47. The van der Waals surface area contributed by atoms with Gasteiger partial charge in [0.05, 0.1) is 13.2 Å². The van der Waals surface area contributed by atoms with E-state index < -0.39 is 19.0 Å². The molecule has 1 rings (SSSR count). The second-order valence-corrected chi connectivity index (χ2v) is 3.79. The van der Waals surface area contributed by atoms with E-state index in [1.54, 1.807) is 13.1 Å². The molecule has 19 heavy (non-hydrogen) atoms. The maximum absolute atomic E-state index is 11.9. The fourth-order valence-corrected chi connectivity index (χ4v) is 1.55. The molecule has 0 aliphatic rings. The smallest absolute Gasteiger partial charge is 0.373 e. The van der Waals surface area contributed by atoms with E-state index in [0.29, 0.717) is 12.2 Å². The molecule has 0 fully saturated rings. The fourth-order valence-electron chi connectivity index (χ4n) is 1.55. The maximum Gasteiger partial charge on any atom is 0.373 e. The normalized spacial score (nSPS) is 12.7. The molecule has 0 saturated heterocycles. The van der Waals surface area contributed by atoms with Crippen LogP contribution in [0.1, 0.15) is 28.8 Å². The number of methoxy groups -OCH3 is 1. The monoisotopic (exact) mass is 277 g/mol. The number of nitrogens with one attached hydrogen (secondary N) is 1. The molecule has 0 aliphatic heterocycles. The molecule has 0 aromatic carbocycles. The van der Waals surface area contributed by atoms with E-state index in [4.69, 9.17) is 9.15 Å². The predicted octanol–water partition coefficient (Wildman–Crippen LogP) is 2.00. The minimum Gasteiger partial charge on any atom is -0.463 e. The van der Waals surface area contributed by atoms with Crippen LogP contribution in [0.3, 0.4) is 0 Å². The van der Waals surface area contributed by atoms with Crippen LogP contribution in [0, 0.1) is 0 Å². The van der Waals surface area contributed by atoms with E-state index >= 15 is 0 Å². The molecule has 1 aromatic heterocycles. The highest BCUT2D eigenvalue weighted by Crippen LogP contribution is 2.20. The number of carbonyl (C=O) groups excluding carboxylic acids is 1. The van der Waals surface area contributed by atoms with E-state index in [9.17, 15) is 13.6 Å². The van der Waals surface area contributed by atoms with Gasteiger partial charge in [0.15, 0.2) is 0 Å². The van der Waals surface area contributed by atoms with E-state index in [1.807, 2.05) is 0 Å². The average Bonchev–Trinajstić information content (AvgIpc) is 2.87. The van der Waals surface area contributed by atoms with Crippen LogP contribution in [-0.4, -0.2) is 39.8 Å². The molecule has 5 nitrogen and oxygen atoms in total. The summed E-state index contributed by atoms with van der Waals surface area (Å²) in [6, 6.07) is 2.93. The molecule has 1 unspecified atom stereocenters. The summed E-state index contributed by atoms with van der Waals surface area (Å²) in [6.07, 6.45) is -2.01. The van der Waals surface area contributed by atoms with Gasteiger partial charge in [-0.3, -0.25) is 0 Å². The Morgan fingerprint density at radius 2 is 2.21 bits per heavy atom. The van der Waals surface area contributed by atoms with E-state index in [2.05, 4.69) is 10.1 Å². The number of halogens is 2. The lowest BCUT2D eigenvalue weighted by Crippen LogP contribution is -2.18. The number of esters is 1. The second kappa shape index (κ2) is 7.85. The second-order valence-electron chi connectivity index (χ2n) is 3.79. The summed E-state index contributed by atoms with van der Waals surface area (Å²) in [6.45, 7) is -0.411. The molecule has 1 atom stereocenters. The summed E-state index contributed by atoms with van der Waals surface area (Å²) in [4.78, 5) is 11.2. The van der Waals surface area contributed by atoms with Gasteiger partial charge < -0.3 is 19.2 Å². The van der Waals surface area contributed by atoms with Crippen molar-refractivity contribution >= 4 is 5.97 Å². The van der Waals surface area contributed by atoms with Crippen LogP contribution in [0.15, 0.2) is 16.5 Å². The summed E-state index contributed by atoms with van der Waals surface area (Å²) in [5.74, 6) is 0.0739. The van der Waals surface area contributed by atoms with Crippen molar-refractivity contribution in [2.45, 2.75) is 18.9 Å². The van der Waals surface area contributed by atoms with Crippen molar-refractivity contribution in [2.75, 3.05) is 27.4 Å². The molecule has 1 N–H and O–H groups in total. The highest BCUT2D eigenvalue weighted by Gasteiger charge is 2.17. The largest absolute Gasteiger partial charge is 0.463 e. The fraction of sp³-hybridized carbons (Fsp3) is 0.583. The molecule has 7 heteroatoms. The Labute approximate surface area is 109 Å². The molecule has 0 aliphatic carbocycles. The van der Waals surface area contributed by atoms with Gasteiger partial charge in [-0.05, 0) is 25.6 Å². The van der Waals surface area contributed by atoms with Gasteiger partial charge in [0.25, 0.3) is 6.43 Å². The highest BCUT2D eigenvalue weighted by atomic mass is 19.3. The Morgan fingerprint density at radius 1 is 1.47 bits per heavy atom. The molecule has 0 bridgehead atoms. The molecule has 1 aromatic rings. The van der Waals surface area contributed by atoms with Gasteiger partial charge in [-0.2, -0.15) is 0 Å². The zero-order valence-corrected chi connectivity index (χ0v) is 10.8. The number of alkyl halides is 2. The van der Waals surface area contributed by atoms with Crippen molar-refractivity contribution < 1.29 is 27.5 Å². The zero-order chi connectivity index (χ0) is 14.3. The van der Waals surface area contributed by atoms with Crippen molar-refractivity contribution in [1.82, 2.24) is 5.32 Å². The first-order valence-electron chi connectivity index (χ1n) is 5.79. The lowest BCUT2D eigenvalue weighted by Gasteiger charge is -2.13. The van der Waals surface area contributed by atoms with Crippen molar-refractivity contribution in [3.05, 3.63) is 23.7 Å². The van der Waals surface area contributed by atoms with Crippen LogP contribution in [-0.2, 0) is 9.47 Å². The van der Waals surface area contributed by atoms with E-state index in [1.165, 1.54) is 13.2 Å². The first-order chi connectivity index (χ1) is 9.08. The Bertz CT molecular complexity index is 395. The first-order valence-corrected chi connectivity index (χ1v) is 5.79. The van der Waals surface area contributed by atoms with Gasteiger partial charge in [-0.15, -0.1) is 0 Å². The lowest BCUT2D eigenvalue weighted by atomic mass is 10.1. The molecule has 108 valence electrons. The van der Waals surface area contributed by atoms with Gasteiger partial charge >= 0.3 is 5.97 Å². The SMILES string of the molecule is CNC(CCOCC(F)F)c1ccc(C(=O)OC)o1. The van der Waals surface area contributed by atoms with Crippen molar-refractivity contribution in [3.63, 3.8) is 0 Å². The average molecular weight is 277 g/mol. The van der Waals surface area contributed by atoms with E-state index in [0.717, 1.165) is 0 Å². The summed E-state index contributed by atoms with van der Waals surface area (Å²) >= 11 is 0. The zero-order valence-electron chi connectivity index (χ0n) is 10.8. The number of ether oxygens (including phenoxy) is 2. The van der Waals surface area contributed by atoms with Gasteiger partial charge in [0, 0.05) is 6.61 Å². The minimum absolute atomic E-state index is 0.103. The first kappa shape index (κ1) is 15.6. The topological polar surface area (TPSA) is 60.7 Å². The Morgan fingerprint density at radius 3 is 2.79 bits per heavy atom. The quantitative estimate of drug-likeness (QED) is 0.581. The molecule has 0 radical (unpaired) electrons. The maximum atomic E-state index is 11.9. The Balaban J connectivity index is 2.50. The number of hydrogen-bond acceptors (Lipinski definition) is 5. The van der Waals surface area contributed by atoms with Crippen LogP contribution in [0.4, 0.5) is 8.78 Å². The molecule has 0 saturated carbocycles. The summed E-state index contributed by atoms with van der Waals surface area (Å²) in [7, 11) is 2.97. The molecule has 1 heterocycles. The van der Waals surface area contributed by atoms with E-state index in [-0.39, 0.29) is 18.4 Å². The van der Waals surface area contributed by atoms with Crippen LogP contribution in [0.25, 0.3) is 0 Å². The standard InChI is InChI=1S/C12H17F2NO4/c1-15-8(5-6-18-7-11(13)14)9-3-4-10(19-9)12(16)17-2/h3-4,8,11,15H,5-7H2,1-2H3. The Kier molecular flexibility index (Phi) is 6.44. The number of hydrogen-bond donors (Lipinski definition) is 1. The number of furan rings is 1. The summed E-state index contributed by atoms with van der Waals surface area (Å²) < 4.78 is 38.4. The van der Waals surface area contributed by atoms with Crippen molar-refractivity contribution in [2.24, 2.45) is 0 Å².